The van der Waals surface area contributed by atoms with Crippen molar-refractivity contribution in [3.05, 3.63) is 134 Å². The van der Waals surface area contributed by atoms with Gasteiger partial charge in [-0.1, -0.05) is 187 Å². The molecule has 0 rings (SSSR count). The smallest absolute Gasteiger partial charge is 0.306 e. The van der Waals surface area contributed by atoms with Gasteiger partial charge in [-0.2, -0.15) is 0 Å². The number of unbranched alkanes of at least 4 members (excludes halogenated alkanes) is 8. The van der Waals surface area contributed by atoms with Gasteiger partial charge in [0, 0.05) is 19.3 Å². The first-order valence-electron chi connectivity index (χ1n) is 24.2. The highest BCUT2D eigenvalue weighted by atomic mass is 16.6. The molecule has 346 valence electrons. The maximum atomic E-state index is 12.7. The van der Waals surface area contributed by atoms with Gasteiger partial charge in [0.05, 0.1) is 0 Å². The normalized spacial score (nSPS) is 13.3. The van der Waals surface area contributed by atoms with Crippen molar-refractivity contribution in [1.82, 2.24) is 0 Å². The first kappa shape index (κ1) is 57.5. The Morgan fingerprint density at radius 1 is 0.339 bits per heavy atom. The summed E-state index contributed by atoms with van der Waals surface area (Å²) in [5, 5.41) is 0. The van der Waals surface area contributed by atoms with Crippen LogP contribution in [0, 0.1) is 0 Å². The molecule has 0 aromatic heterocycles. The van der Waals surface area contributed by atoms with Crippen LogP contribution < -0.4 is 0 Å². The molecule has 0 aromatic carbocycles. The van der Waals surface area contributed by atoms with Crippen LogP contribution in [0.5, 0.6) is 0 Å². The van der Waals surface area contributed by atoms with E-state index in [1.54, 1.807) is 0 Å². The fraction of sp³-hybridized carbons (Fsp3) is 0.554. The molecule has 0 aromatic rings. The first-order valence-corrected chi connectivity index (χ1v) is 24.2. The summed E-state index contributed by atoms with van der Waals surface area (Å²) in [6.45, 7) is 6.21. The fourth-order valence-corrected chi connectivity index (χ4v) is 5.83. The molecule has 0 bridgehead atoms. The number of carbonyl (C=O) groups excluding carboxylic acids is 3. The Morgan fingerprint density at radius 2 is 0.661 bits per heavy atom. The third kappa shape index (κ3) is 46.6. The van der Waals surface area contributed by atoms with E-state index in [4.69, 9.17) is 14.2 Å². The highest BCUT2D eigenvalue weighted by Crippen LogP contribution is 2.09. The van der Waals surface area contributed by atoms with Crippen LogP contribution in [-0.2, 0) is 28.6 Å². The second-order valence-electron chi connectivity index (χ2n) is 15.2. The van der Waals surface area contributed by atoms with E-state index in [1.807, 2.05) is 18.2 Å². The van der Waals surface area contributed by atoms with Crippen molar-refractivity contribution >= 4 is 17.9 Å². The molecule has 0 saturated heterocycles. The monoisotopic (exact) mass is 855 g/mol. The van der Waals surface area contributed by atoms with Crippen molar-refractivity contribution in [2.75, 3.05) is 13.2 Å². The Morgan fingerprint density at radius 3 is 1.08 bits per heavy atom. The standard InChI is InChI=1S/C56H86O6/c1-4-7-10-13-16-19-22-25-26-27-28-29-30-32-34-37-40-43-46-49-55(58)61-52-53(51-60-54(57)48-45-42-39-36-33-24-21-18-15-12-9-6-3)62-56(59)50-47-44-41-38-35-31-23-20-17-14-11-8-5-2/h7,9-10,12,16,18-19,21,25-26,28-29,31-36,40-41,43-44,53H,4-6,8,11,13-15,17,20,22-24,27,30,37-39,42,45-52H2,1-3H3/b10-7-,12-9-,19-16-,21-18-,26-25-,29-28-,34-32-,35-31-,36-33-,43-40-,44-41-. The molecule has 0 aliphatic rings. The van der Waals surface area contributed by atoms with Crippen LogP contribution in [0.25, 0.3) is 0 Å². The third-order valence-electron chi connectivity index (χ3n) is 9.40. The lowest BCUT2D eigenvalue weighted by Gasteiger charge is -2.18. The van der Waals surface area contributed by atoms with E-state index < -0.39 is 12.1 Å². The molecule has 0 aliphatic heterocycles. The summed E-state index contributed by atoms with van der Waals surface area (Å²) in [4.78, 5) is 37.8. The van der Waals surface area contributed by atoms with E-state index >= 15 is 0 Å². The molecule has 1 atom stereocenters. The number of allylic oxidation sites excluding steroid dienone is 22. The molecular formula is C56H86O6. The van der Waals surface area contributed by atoms with Crippen LogP contribution in [0.2, 0.25) is 0 Å². The van der Waals surface area contributed by atoms with Gasteiger partial charge >= 0.3 is 17.9 Å². The van der Waals surface area contributed by atoms with Crippen molar-refractivity contribution in [1.29, 1.82) is 0 Å². The summed E-state index contributed by atoms with van der Waals surface area (Å²) in [6.07, 6.45) is 68.9. The van der Waals surface area contributed by atoms with E-state index in [2.05, 4.69) is 136 Å². The average Bonchev–Trinajstić information content (AvgIpc) is 3.27. The number of rotatable bonds is 41. The topological polar surface area (TPSA) is 78.9 Å². The Hall–Kier alpha value is -4.45. The van der Waals surface area contributed by atoms with Gasteiger partial charge in [0.25, 0.3) is 0 Å². The third-order valence-corrected chi connectivity index (χ3v) is 9.40. The van der Waals surface area contributed by atoms with Crippen molar-refractivity contribution < 1.29 is 28.6 Å². The zero-order chi connectivity index (χ0) is 45.1. The van der Waals surface area contributed by atoms with E-state index in [0.717, 1.165) is 83.5 Å². The van der Waals surface area contributed by atoms with E-state index in [9.17, 15) is 14.4 Å². The molecule has 0 saturated carbocycles. The predicted octanol–water partition coefficient (Wildman–Crippen LogP) is 15.9. The zero-order valence-electron chi connectivity index (χ0n) is 39.3. The Balaban J connectivity index is 4.63. The van der Waals surface area contributed by atoms with Crippen molar-refractivity contribution in [2.45, 2.75) is 187 Å². The van der Waals surface area contributed by atoms with E-state index in [1.165, 1.54) is 38.5 Å². The molecule has 1 unspecified atom stereocenters. The van der Waals surface area contributed by atoms with Gasteiger partial charge < -0.3 is 14.2 Å². The highest BCUT2D eigenvalue weighted by molar-refractivity contribution is 5.71. The minimum absolute atomic E-state index is 0.149. The summed E-state index contributed by atoms with van der Waals surface area (Å²) in [5.41, 5.74) is 0. The van der Waals surface area contributed by atoms with Crippen LogP contribution in [0.1, 0.15) is 181 Å². The molecule has 0 fully saturated rings. The summed E-state index contributed by atoms with van der Waals surface area (Å²) in [5.74, 6) is -1.15. The average molecular weight is 855 g/mol. The molecule has 0 aliphatic carbocycles. The molecule has 0 heterocycles. The Labute approximate surface area is 379 Å². The highest BCUT2D eigenvalue weighted by Gasteiger charge is 2.19. The van der Waals surface area contributed by atoms with Crippen LogP contribution >= 0.6 is 0 Å². The number of esters is 3. The molecule has 0 amide bonds. The Bertz CT molecular complexity index is 1400. The summed E-state index contributed by atoms with van der Waals surface area (Å²) >= 11 is 0. The van der Waals surface area contributed by atoms with E-state index in [-0.39, 0.29) is 44.4 Å². The first-order chi connectivity index (χ1) is 30.5. The minimum atomic E-state index is -0.858. The van der Waals surface area contributed by atoms with Crippen molar-refractivity contribution in [3.8, 4) is 0 Å². The summed E-state index contributed by atoms with van der Waals surface area (Å²) < 4.78 is 16.6. The van der Waals surface area contributed by atoms with Gasteiger partial charge in [0.1, 0.15) is 13.2 Å². The maximum absolute atomic E-state index is 12.7. The lowest BCUT2D eigenvalue weighted by Crippen LogP contribution is -2.30. The van der Waals surface area contributed by atoms with Gasteiger partial charge in [-0.3, -0.25) is 14.4 Å². The van der Waals surface area contributed by atoms with Gasteiger partial charge in [-0.25, -0.2) is 0 Å². The predicted molar refractivity (Wildman–Crippen MR) is 265 cm³/mol. The number of carbonyl (C=O) groups is 3. The molecule has 0 N–H and O–H groups in total. The van der Waals surface area contributed by atoms with Crippen LogP contribution in [0.15, 0.2) is 134 Å². The molecule has 6 nitrogen and oxygen atoms in total. The maximum Gasteiger partial charge on any atom is 0.306 e. The lowest BCUT2D eigenvalue weighted by atomic mass is 10.1. The molecule has 62 heavy (non-hydrogen) atoms. The number of ether oxygens (including phenoxy) is 3. The SMILES string of the molecule is CC/C=C\C/C=C\C/C=C\C/C=C\C/C=C\C/C=C\CCC(=O)OCC(COC(=O)CCCC/C=C\C/C=C\C/C=C\CC)OC(=O)CC/C=C\C/C=C\CCCCCCCC. The quantitative estimate of drug-likeness (QED) is 0.0264. The molecule has 6 heteroatoms. The Kier molecular flexibility index (Phi) is 45.7. The van der Waals surface area contributed by atoms with Crippen molar-refractivity contribution in [2.24, 2.45) is 0 Å². The van der Waals surface area contributed by atoms with Crippen LogP contribution in [-0.4, -0.2) is 37.2 Å². The molecule has 0 spiro atoms. The number of hydrogen-bond acceptors (Lipinski definition) is 6. The van der Waals surface area contributed by atoms with Crippen LogP contribution in [0.4, 0.5) is 0 Å². The largest absolute Gasteiger partial charge is 0.462 e. The lowest BCUT2D eigenvalue weighted by molar-refractivity contribution is -0.166. The fourth-order valence-electron chi connectivity index (χ4n) is 5.83. The van der Waals surface area contributed by atoms with Gasteiger partial charge in [0.2, 0.25) is 0 Å². The summed E-state index contributed by atoms with van der Waals surface area (Å²) in [6, 6.07) is 0. The van der Waals surface area contributed by atoms with Gasteiger partial charge in [-0.05, 0) is 109 Å². The second-order valence-corrected chi connectivity index (χ2v) is 15.2. The summed E-state index contributed by atoms with van der Waals surface area (Å²) in [7, 11) is 0. The molecular weight excluding hydrogens is 769 g/mol. The second kappa shape index (κ2) is 49.2. The van der Waals surface area contributed by atoms with E-state index in [0.29, 0.717) is 19.3 Å². The zero-order valence-corrected chi connectivity index (χ0v) is 39.3. The van der Waals surface area contributed by atoms with Crippen LogP contribution in [0.3, 0.4) is 0 Å². The number of hydrogen-bond donors (Lipinski definition) is 0. The molecule has 0 radical (unpaired) electrons. The minimum Gasteiger partial charge on any atom is -0.462 e. The van der Waals surface area contributed by atoms with Crippen molar-refractivity contribution in [3.63, 3.8) is 0 Å². The van der Waals surface area contributed by atoms with Gasteiger partial charge in [0.15, 0.2) is 6.10 Å². The van der Waals surface area contributed by atoms with Gasteiger partial charge in [-0.15, -0.1) is 0 Å².